The highest BCUT2D eigenvalue weighted by atomic mass is 35.5. The molecule has 3 rings (SSSR count). The number of nitrogens with zero attached hydrogens (tertiary/aromatic N) is 1. The van der Waals surface area contributed by atoms with Crippen LogP contribution in [0.2, 0.25) is 5.02 Å². The van der Waals surface area contributed by atoms with Crippen LogP contribution in [0, 0.1) is 5.82 Å². The standard InChI is InChI=1S/C16H16ClFN2/c17-13-9-12(5-6-14(13)18)16(10-19)20-8-7-11-3-1-2-4-15(11)20/h1-6,9,16H,7-8,10,19H2. The largest absolute Gasteiger partial charge is 0.363 e. The van der Waals surface area contributed by atoms with Gasteiger partial charge >= 0.3 is 0 Å². The highest BCUT2D eigenvalue weighted by Gasteiger charge is 2.26. The number of benzene rings is 2. The fraction of sp³-hybridized carbons (Fsp3) is 0.250. The number of hydrogen-bond acceptors (Lipinski definition) is 2. The summed E-state index contributed by atoms with van der Waals surface area (Å²) < 4.78 is 13.3. The number of halogens is 2. The van der Waals surface area contributed by atoms with Crippen molar-refractivity contribution in [3.8, 4) is 0 Å². The second kappa shape index (κ2) is 5.43. The van der Waals surface area contributed by atoms with Crippen LogP contribution in [0.4, 0.5) is 10.1 Å². The Labute approximate surface area is 123 Å². The van der Waals surface area contributed by atoms with Crippen LogP contribution in [0.15, 0.2) is 42.5 Å². The molecule has 2 aromatic rings. The lowest BCUT2D eigenvalue weighted by Crippen LogP contribution is -2.32. The fourth-order valence-electron chi connectivity index (χ4n) is 2.85. The van der Waals surface area contributed by atoms with E-state index in [0.29, 0.717) is 6.54 Å². The van der Waals surface area contributed by atoms with Gasteiger partial charge in [-0.05, 0) is 35.7 Å². The molecule has 2 aromatic carbocycles. The lowest BCUT2D eigenvalue weighted by atomic mass is 10.0. The Bertz CT molecular complexity index is 630. The quantitative estimate of drug-likeness (QED) is 0.937. The fourth-order valence-corrected chi connectivity index (χ4v) is 3.04. The first-order valence-electron chi connectivity index (χ1n) is 6.70. The van der Waals surface area contributed by atoms with Gasteiger partial charge in [-0.15, -0.1) is 0 Å². The maximum Gasteiger partial charge on any atom is 0.141 e. The summed E-state index contributed by atoms with van der Waals surface area (Å²) in [5.74, 6) is -0.395. The molecule has 104 valence electrons. The third-order valence-corrected chi connectivity index (χ3v) is 4.14. The molecule has 0 saturated heterocycles. The van der Waals surface area contributed by atoms with Crippen molar-refractivity contribution in [3.63, 3.8) is 0 Å². The summed E-state index contributed by atoms with van der Waals surface area (Å²) >= 11 is 5.89. The molecule has 1 aliphatic rings. The normalized spacial score (nSPS) is 15.2. The predicted molar refractivity (Wildman–Crippen MR) is 80.7 cm³/mol. The first-order valence-corrected chi connectivity index (χ1v) is 7.08. The van der Waals surface area contributed by atoms with E-state index in [1.165, 1.54) is 17.3 Å². The van der Waals surface area contributed by atoms with Crippen molar-refractivity contribution in [1.29, 1.82) is 0 Å². The van der Waals surface area contributed by atoms with Crippen LogP contribution in [0.3, 0.4) is 0 Å². The van der Waals surface area contributed by atoms with Gasteiger partial charge in [0.05, 0.1) is 11.1 Å². The summed E-state index contributed by atoms with van der Waals surface area (Å²) in [4.78, 5) is 2.28. The van der Waals surface area contributed by atoms with Crippen LogP contribution in [0.5, 0.6) is 0 Å². The molecule has 1 aliphatic heterocycles. The second-order valence-corrected chi connectivity index (χ2v) is 5.40. The summed E-state index contributed by atoms with van der Waals surface area (Å²) in [5, 5.41) is 0.147. The Morgan fingerprint density at radius 3 is 2.80 bits per heavy atom. The molecule has 0 aliphatic carbocycles. The van der Waals surface area contributed by atoms with E-state index < -0.39 is 5.82 Å². The smallest absolute Gasteiger partial charge is 0.141 e. The molecule has 0 radical (unpaired) electrons. The molecule has 2 nitrogen and oxygen atoms in total. The first kappa shape index (κ1) is 13.4. The highest BCUT2D eigenvalue weighted by Crippen LogP contribution is 2.35. The third-order valence-electron chi connectivity index (χ3n) is 3.85. The maximum absolute atomic E-state index is 13.3. The number of fused-ring (bicyclic) bond motifs is 1. The highest BCUT2D eigenvalue weighted by molar-refractivity contribution is 6.30. The van der Waals surface area contributed by atoms with E-state index in [-0.39, 0.29) is 11.1 Å². The molecule has 2 N–H and O–H groups in total. The van der Waals surface area contributed by atoms with Crippen LogP contribution in [0.25, 0.3) is 0 Å². The SMILES string of the molecule is NCC(c1ccc(F)c(Cl)c1)N1CCc2ccccc21. The Hall–Kier alpha value is -1.58. The van der Waals surface area contributed by atoms with Crippen LogP contribution in [-0.2, 0) is 6.42 Å². The van der Waals surface area contributed by atoms with Gasteiger partial charge in [0, 0.05) is 18.8 Å². The maximum atomic E-state index is 13.3. The average Bonchev–Trinajstić information content (AvgIpc) is 2.88. The molecule has 0 amide bonds. The zero-order valence-electron chi connectivity index (χ0n) is 11.0. The molecule has 0 saturated carbocycles. The molecule has 4 heteroatoms. The molecule has 0 fully saturated rings. The van der Waals surface area contributed by atoms with Gasteiger partial charge in [-0.1, -0.05) is 35.9 Å². The summed E-state index contributed by atoms with van der Waals surface area (Å²) in [6.45, 7) is 1.40. The zero-order valence-corrected chi connectivity index (χ0v) is 11.8. The van der Waals surface area contributed by atoms with E-state index in [9.17, 15) is 4.39 Å². The van der Waals surface area contributed by atoms with Crippen molar-refractivity contribution >= 4 is 17.3 Å². The van der Waals surface area contributed by atoms with Gasteiger partial charge in [0.1, 0.15) is 5.82 Å². The number of anilines is 1. The second-order valence-electron chi connectivity index (χ2n) is 5.00. The van der Waals surface area contributed by atoms with Crippen LogP contribution < -0.4 is 10.6 Å². The van der Waals surface area contributed by atoms with Crippen molar-refractivity contribution in [2.45, 2.75) is 12.5 Å². The Kier molecular flexibility index (Phi) is 3.64. The molecule has 0 aromatic heterocycles. The first-order chi connectivity index (χ1) is 9.70. The Morgan fingerprint density at radius 1 is 1.25 bits per heavy atom. The topological polar surface area (TPSA) is 29.3 Å². The van der Waals surface area contributed by atoms with Gasteiger partial charge in [-0.3, -0.25) is 0 Å². The molecule has 1 unspecified atom stereocenters. The van der Waals surface area contributed by atoms with E-state index in [2.05, 4.69) is 23.1 Å². The number of nitrogens with two attached hydrogens (primary N) is 1. The third kappa shape index (κ3) is 2.28. The zero-order chi connectivity index (χ0) is 14.1. The summed E-state index contributed by atoms with van der Waals surface area (Å²) in [6.07, 6.45) is 1.02. The molecular formula is C16H16ClFN2. The minimum absolute atomic E-state index is 0.0248. The molecular weight excluding hydrogens is 275 g/mol. The van der Waals surface area contributed by atoms with Crippen molar-refractivity contribution < 1.29 is 4.39 Å². The van der Waals surface area contributed by atoms with Gasteiger partial charge < -0.3 is 10.6 Å². The average molecular weight is 291 g/mol. The van der Waals surface area contributed by atoms with Gasteiger partial charge in [0.2, 0.25) is 0 Å². The van der Waals surface area contributed by atoms with Gasteiger partial charge in [-0.25, -0.2) is 4.39 Å². The van der Waals surface area contributed by atoms with E-state index in [1.807, 2.05) is 6.07 Å². The van der Waals surface area contributed by atoms with E-state index in [0.717, 1.165) is 18.5 Å². The number of rotatable bonds is 3. The van der Waals surface area contributed by atoms with Crippen molar-refractivity contribution in [2.75, 3.05) is 18.0 Å². The minimum atomic E-state index is -0.395. The van der Waals surface area contributed by atoms with Gasteiger partial charge in [-0.2, -0.15) is 0 Å². The summed E-state index contributed by atoms with van der Waals surface area (Å²) in [7, 11) is 0. The van der Waals surface area contributed by atoms with E-state index in [1.54, 1.807) is 12.1 Å². The molecule has 1 heterocycles. The molecule has 20 heavy (non-hydrogen) atoms. The van der Waals surface area contributed by atoms with Gasteiger partial charge in [0.25, 0.3) is 0 Å². The van der Waals surface area contributed by atoms with Gasteiger partial charge in [0.15, 0.2) is 0 Å². The van der Waals surface area contributed by atoms with E-state index in [4.69, 9.17) is 17.3 Å². The number of hydrogen-bond donors (Lipinski definition) is 1. The lowest BCUT2D eigenvalue weighted by molar-refractivity contribution is 0.619. The van der Waals surface area contributed by atoms with Crippen LogP contribution in [0.1, 0.15) is 17.2 Å². The molecule has 0 spiro atoms. The van der Waals surface area contributed by atoms with Crippen LogP contribution in [-0.4, -0.2) is 13.1 Å². The van der Waals surface area contributed by atoms with Crippen molar-refractivity contribution in [1.82, 2.24) is 0 Å². The number of para-hydroxylation sites is 1. The summed E-state index contributed by atoms with van der Waals surface area (Å²) in [6, 6.07) is 13.2. The van der Waals surface area contributed by atoms with Crippen LogP contribution >= 0.6 is 11.6 Å². The lowest BCUT2D eigenvalue weighted by Gasteiger charge is -2.30. The van der Waals surface area contributed by atoms with E-state index >= 15 is 0 Å². The molecule has 0 bridgehead atoms. The van der Waals surface area contributed by atoms with Crippen molar-refractivity contribution in [3.05, 3.63) is 64.4 Å². The van der Waals surface area contributed by atoms with Crippen molar-refractivity contribution in [2.24, 2.45) is 5.73 Å². The monoisotopic (exact) mass is 290 g/mol. The predicted octanol–water partition coefficient (Wildman–Crippen LogP) is 3.54. The Morgan fingerprint density at radius 2 is 2.05 bits per heavy atom. The Balaban J connectivity index is 1.97. The minimum Gasteiger partial charge on any atom is -0.363 e. The molecule has 1 atom stereocenters. The summed E-state index contributed by atoms with van der Waals surface area (Å²) in [5.41, 5.74) is 9.45.